The summed E-state index contributed by atoms with van der Waals surface area (Å²) in [6.07, 6.45) is 0. The van der Waals surface area contributed by atoms with Crippen molar-refractivity contribution in [2.45, 2.75) is 6.92 Å². The topological polar surface area (TPSA) is 168 Å². The van der Waals surface area contributed by atoms with Gasteiger partial charge in [-0.2, -0.15) is 0 Å². The largest absolute Gasteiger partial charge is 0.490 e. The van der Waals surface area contributed by atoms with E-state index in [1.54, 1.807) is 0 Å². The average Bonchev–Trinajstić information content (AvgIpc) is 2.36. The number of anilines is 1. The van der Waals surface area contributed by atoms with Gasteiger partial charge in [-0.05, 0) is 0 Å². The summed E-state index contributed by atoms with van der Waals surface area (Å²) < 4.78 is 4.59. The molecule has 0 saturated carbocycles. The molecule has 0 aliphatic heterocycles. The van der Waals surface area contributed by atoms with Gasteiger partial charge in [-0.1, -0.05) is 0 Å². The maximum absolute atomic E-state index is 11.0. The number of ether oxygens (including phenoxy) is 1. The molecule has 0 radical (unpaired) electrons. The minimum absolute atomic E-state index is 0.635. The Bertz CT molecular complexity index is 656. The Balaban J connectivity index is 3.91. The lowest BCUT2D eigenvalue weighted by molar-refractivity contribution is -0.424. The Hall–Kier alpha value is -3.31. The normalized spacial score (nSPS) is 9.81. The van der Waals surface area contributed by atoms with Crippen LogP contribution >= 0.6 is 0 Å². The Morgan fingerprint density at radius 1 is 1.10 bits per heavy atom. The van der Waals surface area contributed by atoms with E-state index in [0.29, 0.717) is 6.07 Å². The smallest absolute Gasteiger partial charge is 0.390 e. The number of rotatable bonds is 5. The van der Waals surface area contributed by atoms with Gasteiger partial charge in [0.25, 0.3) is 0 Å². The quantitative estimate of drug-likeness (QED) is 0.628. The van der Waals surface area contributed by atoms with Crippen LogP contribution in [0, 0.1) is 30.3 Å². The SMILES string of the molecule is COc1cc([N+](=O)[O-])c(NC(C)=O)c([N+](=O)[O-])c1[N+](=O)[O-]. The van der Waals surface area contributed by atoms with Gasteiger partial charge in [-0.3, -0.25) is 35.1 Å². The number of benzene rings is 1. The number of nitrogens with one attached hydrogen (secondary N) is 1. The summed E-state index contributed by atoms with van der Waals surface area (Å²) in [7, 11) is 0.966. The summed E-state index contributed by atoms with van der Waals surface area (Å²) in [5, 5.41) is 34.8. The molecule has 0 aliphatic carbocycles. The number of carbonyl (C=O) groups excluding carboxylic acids is 1. The summed E-state index contributed by atoms with van der Waals surface area (Å²) in [6, 6.07) is 0.635. The molecule has 1 amide bonds. The molecule has 0 fully saturated rings. The van der Waals surface area contributed by atoms with Crippen LogP contribution in [-0.2, 0) is 4.79 Å². The van der Waals surface area contributed by atoms with E-state index >= 15 is 0 Å². The summed E-state index contributed by atoms with van der Waals surface area (Å²) in [6.45, 7) is 0.948. The second-order valence-corrected chi connectivity index (χ2v) is 3.62. The molecule has 0 saturated heterocycles. The highest BCUT2D eigenvalue weighted by Gasteiger charge is 2.40. The minimum atomic E-state index is -1.22. The van der Waals surface area contributed by atoms with Crippen molar-refractivity contribution in [2.75, 3.05) is 12.4 Å². The lowest BCUT2D eigenvalue weighted by atomic mass is 10.1. The molecule has 12 nitrogen and oxygen atoms in total. The number of hydrogen-bond acceptors (Lipinski definition) is 8. The van der Waals surface area contributed by atoms with E-state index in [1.807, 2.05) is 5.32 Å². The molecule has 1 N–H and O–H groups in total. The molecular weight excluding hydrogens is 292 g/mol. The molecule has 112 valence electrons. The second kappa shape index (κ2) is 5.77. The first-order chi connectivity index (χ1) is 9.70. The second-order valence-electron chi connectivity index (χ2n) is 3.62. The van der Waals surface area contributed by atoms with Gasteiger partial charge in [-0.25, -0.2) is 0 Å². The summed E-state index contributed by atoms with van der Waals surface area (Å²) in [5.74, 6) is -1.52. The van der Waals surface area contributed by atoms with Crippen LogP contribution < -0.4 is 10.1 Å². The molecule has 21 heavy (non-hydrogen) atoms. The van der Waals surface area contributed by atoms with Crippen molar-refractivity contribution >= 4 is 28.7 Å². The van der Waals surface area contributed by atoms with Crippen LogP contribution in [0.15, 0.2) is 6.07 Å². The number of amides is 1. The van der Waals surface area contributed by atoms with Gasteiger partial charge in [0.05, 0.1) is 27.9 Å². The zero-order valence-electron chi connectivity index (χ0n) is 10.7. The van der Waals surface area contributed by atoms with Crippen molar-refractivity contribution in [2.24, 2.45) is 0 Å². The lowest BCUT2D eigenvalue weighted by Crippen LogP contribution is -2.12. The third kappa shape index (κ3) is 2.99. The number of nitro benzene ring substituents is 3. The van der Waals surface area contributed by atoms with Gasteiger partial charge >= 0.3 is 17.1 Å². The fraction of sp³-hybridized carbons (Fsp3) is 0.222. The third-order valence-electron chi connectivity index (χ3n) is 2.30. The van der Waals surface area contributed by atoms with Crippen LogP contribution in [0.4, 0.5) is 22.7 Å². The van der Waals surface area contributed by atoms with Crippen LogP contribution in [-0.4, -0.2) is 27.8 Å². The fourth-order valence-corrected chi connectivity index (χ4v) is 1.57. The molecule has 0 unspecified atom stereocenters. The Morgan fingerprint density at radius 3 is 1.95 bits per heavy atom. The van der Waals surface area contributed by atoms with E-state index in [4.69, 9.17) is 0 Å². The Morgan fingerprint density at radius 2 is 1.62 bits per heavy atom. The Kier molecular flexibility index (Phi) is 4.32. The van der Waals surface area contributed by atoms with Crippen molar-refractivity contribution in [3.8, 4) is 5.75 Å². The third-order valence-corrected chi connectivity index (χ3v) is 2.30. The molecule has 0 bridgehead atoms. The zero-order chi connectivity index (χ0) is 16.3. The van der Waals surface area contributed by atoms with E-state index in [-0.39, 0.29) is 0 Å². The molecule has 1 rings (SSSR count). The zero-order valence-corrected chi connectivity index (χ0v) is 10.7. The summed E-state index contributed by atoms with van der Waals surface area (Å²) in [4.78, 5) is 40.6. The van der Waals surface area contributed by atoms with E-state index < -0.39 is 49.2 Å². The number of nitro groups is 3. The maximum Gasteiger partial charge on any atom is 0.390 e. The van der Waals surface area contributed by atoms with Gasteiger partial charge in [0, 0.05) is 6.92 Å². The fourth-order valence-electron chi connectivity index (χ4n) is 1.57. The number of nitrogens with zero attached hydrogens (tertiary/aromatic N) is 3. The molecule has 0 aliphatic rings. The first-order valence-electron chi connectivity index (χ1n) is 5.16. The molecular formula is C9H8N4O8. The van der Waals surface area contributed by atoms with Crippen molar-refractivity contribution in [1.82, 2.24) is 0 Å². The molecule has 12 heteroatoms. The molecule has 0 aromatic heterocycles. The highest BCUT2D eigenvalue weighted by atomic mass is 16.6. The van der Waals surface area contributed by atoms with Gasteiger partial charge < -0.3 is 10.1 Å². The predicted octanol–water partition coefficient (Wildman–Crippen LogP) is 1.38. The maximum atomic E-state index is 11.0. The van der Waals surface area contributed by atoms with Crippen molar-refractivity contribution in [1.29, 1.82) is 0 Å². The monoisotopic (exact) mass is 300 g/mol. The highest BCUT2D eigenvalue weighted by molar-refractivity contribution is 5.97. The summed E-state index contributed by atoms with van der Waals surface area (Å²) in [5.41, 5.74) is -4.07. The van der Waals surface area contributed by atoms with Crippen LogP contribution in [0.5, 0.6) is 5.75 Å². The predicted molar refractivity (Wildman–Crippen MR) is 67.3 cm³/mol. The van der Waals surface area contributed by atoms with Crippen molar-refractivity contribution in [3.63, 3.8) is 0 Å². The van der Waals surface area contributed by atoms with Crippen LogP contribution in [0.2, 0.25) is 0 Å². The van der Waals surface area contributed by atoms with Crippen LogP contribution in [0.1, 0.15) is 6.92 Å². The first kappa shape index (κ1) is 15.7. The van der Waals surface area contributed by atoms with E-state index in [2.05, 4.69) is 4.74 Å². The lowest BCUT2D eigenvalue weighted by Gasteiger charge is -2.08. The van der Waals surface area contributed by atoms with Gasteiger partial charge in [0.15, 0.2) is 0 Å². The van der Waals surface area contributed by atoms with Gasteiger partial charge in [0.2, 0.25) is 17.3 Å². The van der Waals surface area contributed by atoms with E-state index in [1.165, 1.54) is 0 Å². The van der Waals surface area contributed by atoms with E-state index in [0.717, 1.165) is 14.0 Å². The molecule has 1 aromatic rings. The Labute approximate surface area is 115 Å². The minimum Gasteiger partial charge on any atom is -0.490 e. The number of carbonyl (C=O) groups is 1. The average molecular weight is 300 g/mol. The van der Waals surface area contributed by atoms with Crippen molar-refractivity contribution in [3.05, 3.63) is 36.4 Å². The van der Waals surface area contributed by atoms with Gasteiger partial charge in [0.1, 0.15) is 0 Å². The van der Waals surface area contributed by atoms with E-state index in [9.17, 15) is 35.1 Å². The molecule has 1 aromatic carbocycles. The number of hydrogen-bond donors (Lipinski definition) is 1. The van der Waals surface area contributed by atoms with Crippen molar-refractivity contribution < 1.29 is 24.3 Å². The standard InChI is InChI=1S/C9H8N4O8/c1-4(14)10-7-5(11(15)16)3-6(21-2)8(12(17)18)9(7)13(19)20/h3H,1-2H3,(H,10,14). The molecule has 0 atom stereocenters. The molecule has 0 heterocycles. The van der Waals surface area contributed by atoms with Crippen LogP contribution in [0.25, 0.3) is 0 Å². The molecule has 0 spiro atoms. The van der Waals surface area contributed by atoms with Gasteiger partial charge in [-0.15, -0.1) is 0 Å². The first-order valence-corrected chi connectivity index (χ1v) is 5.16. The highest BCUT2D eigenvalue weighted by Crippen LogP contribution is 2.47. The van der Waals surface area contributed by atoms with Crippen LogP contribution in [0.3, 0.4) is 0 Å². The summed E-state index contributed by atoms with van der Waals surface area (Å²) >= 11 is 0. The number of methoxy groups -OCH3 is 1.